The number of rotatable bonds is 0. The van der Waals surface area contributed by atoms with Crippen LogP contribution in [0.2, 0.25) is 0 Å². The summed E-state index contributed by atoms with van der Waals surface area (Å²) in [7, 11) is 0. The molecule has 0 radical (unpaired) electrons. The van der Waals surface area contributed by atoms with Crippen LogP contribution in [-0.4, -0.2) is 30.6 Å². The zero-order valence-corrected chi connectivity index (χ0v) is 27.0. The fourth-order valence-corrected chi connectivity index (χ4v) is 0. The third-order valence-electron chi connectivity index (χ3n) is 0. The van der Waals surface area contributed by atoms with E-state index >= 15 is 0 Å². The largest absolute Gasteiger partial charge is 1.00 e. The normalized spacial score (nSPS) is 1.83. The van der Waals surface area contributed by atoms with E-state index in [1.165, 1.54) is 0 Å². The summed E-state index contributed by atoms with van der Waals surface area (Å²) in [6, 6.07) is 0. The first kappa shape index (κ1) is 72.3. The number of aliphatic hydroxyl groups is 6. The van der Waals surface area contributed by atoms with Gasteiger partial charge in [0.05, 0.1) is 0 Å². The van der Waals surface area contributed by atoms with Crippen molar-refractivity contribution in [2.75, 3.05) is 0 Å². The molecule has 0 aliphatic heterocycles. The Morgan fingerprint density at radius 2 is 0.348 bits per heavy atom. The molecule has 0 heterocycles. The zero-order chi connectivity index (χ0) is 16.2. The van der Waals surface area contributed by atoms with E-state index < -0.39 is 0 Å². The average Bonchev–Trinajstić information content (AvgIpc) is 2.23. The zero-order valence-electron chi connectivity index (χ0n) is 12.7. The number of aliphatic hydroxyl groups excluding tert-OH is 6. The van der Waals surface area contributed by atoms with E-state index in [-0.39, 0.29) is 225 Å². The van der Waals surface area contributed by atoms with Gasteiger partial charge in [-0.05, 0) is 0 Å². The molecule has 0 spiro atoms. The van der Waals surface area contributed by atoms with Crippen LogP contribution in [0, 0.1) is 69.1 Å². The molecule has 0 bridgehead atoms. The topological polar surface area (TPSA) is 264 Å². The van der Waals surface area contributed by atoms with E-state index in [1.807, 2.05) is 0 Å². The van der Waals surface area contributed by atoms with Crippen molar-refractivity contribution in [2.24, 2.45) is 0 Å². The van der Waals surface area contributed by atoms with Gasteiger partial charge in [-0.1, -0.05) is 0 Å². The van der Waals surface area contributed by atoms with Crippen molar-refractivity contribution in [3.63, 3.8) is 0 Å². The summed E-state index contributed by atoms with van der Waals surface area (Å²) in [6.45, 7) is 0. The standard InChI is InChI=1S/6CHNO.4K.Ru/c6*2-1-3;;;;;/h6*3H;;;;;/q;;;;;;4*+1;. The van der Waals surface area contributed by atoms with Gasteiger partial charge < -0.3 is 30.6 Å². The fraction of sp³-hybridized carbons (Fsp3) is 0. The van der Waals surface area contributed by atoms with Crippen molar-refractivity contribution in [2.45, 2.75) is 0 Å². The van der Waals surface area contributed by atoms with E-state index in [0.717, 1.165) is 37.5 Å². The van der Waals surface area contributed by atoms with Crippen LogP contribution in [0.25, 0.3) is 0 Å². The van der Waals surface area contributed by atoms with Crippen molar-refractivity contribution >= 4 is 0 Å². The maximum absolute atomic E-state index is 6.88. The molecule has 0 aromatic rings. The Hall–Kier alpha value is 2.91. The van der Waals surface area contributed by atoms with Crippen LogP contribution in [-0.2, 0) is 19.5 Å². The monoisotopic (exact) mass is 516 g/mol. The summed E-state index contributed by atoms with van der Waals surface area (Å²) in [5.41, 5.74) is 0. The van der Waals surface area contributed by atoms with Gasteiger partial charge in [0.2, 0.25) is 0 Å². The van der Waals surface area contributed by atoms with Gasteiger partial charge in [0.15, 0.2) is 0 Å². The molecule has 0 amide bonds. The molecule has 0 fully saturated rings. The van der Waals surface area contributed by atoms with Crippen LogP contribution in [0.1, 0.15) is 0 Å². The molecular weight excluding hydrogens is 510 g/mol. The first-order valence-corrected chi connectivity index (χ1v) is 2.68. The van der Waals surface area contributed by atoms with E-state index in [9.17, 15) is 0 Å². The van der Waals surface area contributed by atoms with Crippen molar-refractivity contribution < 1.29 is 256 Å². The Labute approximate surface area is 315 Å². The van der Waals surface area contributed by atoms with Crippen LogP contribution in [0.3, 0.4) is 0 Å². The SMILES string of the molecule is N#CO.N#CO.N#CO.N#CO.N#CO.N#CO.[K+].[K+].[K+].[K+].[Ru]. The summed E-state index contributed by atoms with van der Waals surface area (Å²) >= 11 is 0. The van der Waals surface area contributed by atoms with Crippen LogP contribution in [0.5, 0.6) is 0 Å². The number of hydrogen-bond donors (Lipinski definition) is 6. The quantitative estimate of drug-likeness (QED) is 0.130. The number of hydrogen-bond acceptors (Lipinski definition) is 12. The molecule has 0 aromatic carbocycles. The van der Waals surface area contributed by atoms with Gasteiger partial charge in [-0.3, -0.25) is 0 Å². The molecule has 17 heteroatoms. The van der Waals surface area contributed by atoms with E-state index in [1.54, 1.807) is 0 Å². The summed E-state index contributed by atoms with van der Waals surface area (Å²) in [5.74, 6) is 0. The summed E-state index contributed by atoms with van der Waals surface area (Å²) in [4.78, 5) is 0. The van der Waals surface area contributed by atoms with Crippen molar-refractivity contribution in [1.29, 1.82) is 31.6 Å². The Morgan fingerprint density at radius 1 is 0.348 bits per heavy atom. The molecule has 0 atom stereocenters. The number of nitrogens with zero attached hydrogens (tertiary/aromatic N) is 6. The van der Waals surface area contributed by atoms with Gasteiger partial charge >= 0.3 is 206 Å². The molecular formula is C6H6K4N6O6Ru+4. The summed E-state index contributed by atoms with van der Waals surface area (Å²) in [5, 5.41) is 82.5. The maximum atomic E-state index is 6.88. The Balaban J connectivity index is -0.00000000800. The fourth-order valence-electron chi connectivity index (χ4n) is 0. The minimum absolute atomic E-state index is 0. The molecule has 0 aromatic heterocycles. The van der Waals surface area contributed by atoms with E-state index in [0.29, 0.717) is 0 Å². The number of nitriles is 6. The first-order chi connectivity index (χ1) is 8.49. The summed E-state index contributed by atoms with van der Waals surface area (Å²) in [6.07, 6.45) is 4.50. The predicted molar refractivity (Wildman–Crippen MR) is 45.3 cm³/mol. The van der Waals surface area contributed by atoms with Gasteiger partial charge in [0.25, 0.3) is 37.5 Å². The molecule has 0 unspecified atom stereocenters. The third-order valence-corrected chi connectivity index (χ3v) is 0. The Morgan fingerprint density at radius 3 is 0.348 bits per heavy atom. The van der Waals surface area contributed by atoms with Gasteiger partial charge in [-0.25, -0.2) is 0 Å². The van der Waals surface area contributed by atoms with Crippen molar-refractivity contribution in [3.8, 4) is 37.5 Å². The maximum Gasteiger partial charge on any atom is 1.00 e. The Bertz CT molecular complexity index is 272. The van der Waals surface area contributed by atoms with Gasteiger partial charge in [-0.2, -0.15) is 31.6 Å². The summed E-state index contributed by atoms with van der Waals surface area (Å²) < 4.78 is 0. The minimum Gasteiger partial charge on any atom is -0.443 e. The van der Waals surface area contributed by atoms with Gasteiger partial charge in [-0.15, -0.1) is 0 Å². The van der Waals surface area contributed by atoms with Crippen LogP contribution in [0.4, 0.5) is 0 Å². The smallest absolute Gasteiger partial charge is 0.443 e. The van der Waals surface area contributed by atoms with Crippen molar-refractivity contribution in [3.05, 3.63) is 0 Å². The third kappa shape index (κ3) is 1540. The van der Waals surface area contributed by atoms with Gasteiger partial charge in [0, 0.05) is 19.5 Å². The average molecular weight is 516 g/mol. The second kappa shape index (κ2) is 179. The second-order valence-corrected chi connectivity index (χ2v) is 0.600. The Kier molecular flexibility index (Phi) is 564. The molecule has 0 rings (SSSR count). The second-order valence-electron chi connectivity index (χ2n) is 0.600. The van der Waals surface area contributed by atoms with Gasteiger partial charge in [0.1, 0.15) is 0 Å². The van der Waals surface area contributed by atoms with E-state index in [2.05, 4.69) is 0 Å². The predicted octanol–water partition coefficient (Wildman–Crippen LogP) is -12.9. The van der Waals surface area contributed by atoms with Crippen LogP contribution in [0.15, 0.2) is 0 Å². The molecule has 12 nitrogen and oxygen atoms in total. The molecule has 0 aliphatic carbocycles. The molecule has 6 N–H and O–H groups in total. The van der Waals surface area contributed by atoms with Crippen molar-refractivity contribution in [1.82, 2.24) is 0 Å². The van der Waals surface area contributed by atoms with Crippen LogP contribution >= 0.6 is 0 Å². The molecule has 23 heavy (non-hydrogen) atoms. The minimum atomic E-state index is 0. The molecule has 0 saturated carbocycles. The molecule has 104 valence electrons. The molecule has 0 aliphatic rings. The van der Waals surface area contributed by atoms with Crippen LogP contribution < -0.4 is 206 Å². The molecule has 0 saturated heterocycles. The van der Waals surface area contributed by atoms with E-state index in [4.69, 9.17) is 62.2 Å². The first-order valence-electron chi connectivity index (χ1n) is 2.68.